The Morgan fingerprint density at radius 1 is 1.07 bits per heavy atom. The van der Waals surface area contributed by atoms with Crippen LogP contribution in [0.5, 0.6) is 17.2 Å². The van der Waals surface area contributed by atoms with Gasteiger partial charge in [0.1, 0.15) is 5.75 Å². The quantitative estimate of drug-likeness (QED) is 0.513. The Balaban J connectivity index is 1.89. The molecule has 0 unspecified atom stereocenters. The van der Waals surface area contributed by atoms with Gasteiger partial charge in [-0.05, 0) is 55.7 Å². The molecule has 0 aliphatic rings. The van der Waals surface area contributed by atoms with Gasteiger partial charge in [-0.25, -0.2) is 0 Å². The summed E-state index contributed by atoms with van der Waals surface area (Å²) in [4.78, 5) is 12.3. The number of halogens is 3. The lowest BCUT2D eigenvalue weighted by atomic mass is 10.1. The van der Waals surface area contributed by atoms with Crippen LogP contribution in [-0.2, 0) is 17.6 Å². The fourth-order valence-electron chi connectivity index (χ4n) is 2.67. The van der Waals surface area contributed by atoms with Crippen LogP contribution in [0.15, 0.2) is 40.9 Å². The molecule has 158 valence electrons. The first-order valence-corrected chi connectivity index (χ1v) is 10.1. The molecule has 0 aliphatic carbocycles. The monoisotopic (exact) mass is 471 g/mol. The van der Waals surface area contributed by atoms with Crippen molar-refractivity contribution in [2.75, 3.05) is 19.8 Å². The van der Waals surface area contributed by atoms with Crippen molar-refractivity contribution in [1.29, 1.82) is 0 Å². The Kier molecular flexibility index (Phi) is 9.18. The Morgan fingerprint density at radius 2 is 1.69 bits per heavy atom. The van der Waals surface area contributed by atoms with E-state index in [9.17, 15) is 13.6 Å². The Hall–Kier alpha value is -2.35. The van der Waals surface area contributed by atoms with Crippen molar-refractivity contribution >= 4 is 21.8 Å². The summed E-state index contributed by atoms with van der Waals surface area (Å²) in [7, 11) is 0. The molecular formula is C21H24BrF2NO4. The van der Waals surface area contributed by atoms with Gasteiger partial charge in [0.05, 0.1) is 19.6 Å². The van der Waals surface area contributed by atoms with Crippen LogP contribution < -0.4 is 19.5 Å². The summed E-state index contributed by atoms with van der Waals surface area (Å²) < 4.78 is 40.6. The molecule has 0 heterocycles. The van der Waals surface area contributed by atoms with E-state index >= 15 is 0 Å². The highest BCUT2D eigenvalue weighted by Crippen LogP contribution is 2.34. The Morgan fingerprint density at radius 3 is 2.28 bits per heavy atom. The summed E-state index contributed by atoms with van der Waals surface area (Å²) >= 11 is 3.48. The van der Waals surface area contributed by atoms with Crippen LogP contribution in [-0.4, -0.2) is 32.3 Å². The number of benzene rings is 2. The van der Waals surface area contributed by atoms with Gasteiger partial charge >= 0.3 is 6.61 Å². The summed E-state index contributed by atoms with van der Waals surface area (Å²) in [5.41, 5.74) is 1.70. The van der Waals surface area contributed by atoms with Crippen LogP contribution in [0.4, 0.5) is 8.78 Å². The zero-order valence-electron chi connectivity index (χ0n) is 16.3. The van der Waals surface area contributed by atoms with Crippen LogP contribution in [0.1, 0.15) is 25.0 Å². The van der Waals surface area contributed by atoms with E-state index in [1.54, 1.807) is 24.3 Å². The Bertz CT molecular complexity index is 800. The zero-order valence-corrected chi connectivity index (χ0v) is 17.9. The second-order valence-corrected chi connectivity index (χ2v) is 6.91. The summed E-state index contributed by atoms with van der Waals surface area (Å²) in [5, 5.41) is 2.86. The molecule has 29 heavy (non-hydrogen) atoms. The van der Waals surface area contributed by atoms with Crippen molar-refractivity contribution in [3.05, 3.63) is 52.0 Å². The maximum atomic E-state index is 12.3. The highest BCUT2D eigenvalue weighted by atomic mass is 79.9. The van der Waals surface area contributed by atoms with Gasteiger partial charge in [0.15, 0.2) is 11.5 Å². The van der Waals surface area contributed by atoms with Crippen molar-refractivity contribution < 1.29 is 27.8 Å². The van der Waals surface area contributed by atoms with Gasteiger partial charge in [0, 0.05) is 11.0 Å². The molecule has 0 radical (unpaired) electrons. The maximum absolute atomic E-state index is 12.3. The van der Waals surface area contributed by atoms with E-state index in [0.717, 1.165) is 15.6 Å². The van der Waals surface area contributed by atoms with Crippen LogP contribution in [0.3, 0.4) is 0 Å². The minimum Gasteiger partial charge on any atom is -0.490 e. The number of rotatable bonds is 11. The first-order valence-electron chi connectivity index (χ1n) is 9.31. The van der Waals surface area contributed by atoms with Gasteiger partial charge in [-0.3, -0.25) is 4.79 Å². The standard InChI is InChI=1S/C21H24BrF2NO4/c1-3-27-18-11-15(17(22)13-19(18)28-4-2)12-20(26)25-10-9-14-5-7-16(8-6-14)29-21(23)24/h5-8,11,13,21H,3-4,9-10,12H2,1-2H3,(H,25,26). The summed E-state index contributed by atoms with van der Waals surface area (Å²) in [5.74, 6) is 1.21. The maximum Gasteiger partial charge on any atom is 0.387 e. The number of carbonyl (C=O) groups is 1. The second-order valence-electron chi connectivity index (χ2n) is 6.06. The topological polar surface area (TPSA) is 56.8 Å². The third kappa shape index (κ3) is 7.53. The first kappa shape index (κ1) is 22.9. The molecule has 2 rings (SSSR count). The first-order chi connectivity index (χ1) is 13.9. The van der Waals surface area contributed by atoms with E-state index in [-0.39, 0.29) is 18.1 Å². The normalized spacial score (nSPS) is 10.7. The summed E-state index contributed by atoms with van der Waals surface area (Å²) in [6.45, 7) is 2.38. The van der Waals surface area contributed by atoms with E-state index in [1.165, 1.54) is 12.1 Å². The van der Waals surface area contributed by atoms with E-state index in [4.69, 9.17) is 9.47 Å². The fraction of sp³-hybridized carbons (Fsp3) is 0.381. The number of amides is 1. The smallest absolute Gasteiger partial charge is 0.387 e. The number of hydrogen-bond donors (Lipinski definition) is 1. The molecule has 0 fully saturated rings. The minimum atomic E-state index is -2.84. The van der Waals surface area contributed by atoms with Crippen LogP contribution in [0.25, 0.3) is 0 Å². The zero-order chi connectivity index (χ0) is 21.2. The minimum absolute atomic E-state index is 0.109. The molecule has 0 aliphatic heterocycles. The molecular weight excluding hydrogens is 448 g/mol. The van der Waals surface area contributed by atoms with Gasteiger partial charge < -0.3 is 19.5 Å². The van der Waals surface area contributed by atoms with Gasteiger partial charge in [0.2, 0.25) is 5.91 Å². The molecule has 1 N–H and O–H groups in total. The molecule has 0 saturated heterocycles. The van der Waals surface area contributed by atoms with Crippen molar-refractivity contribution in [3.8, 4) is 17.2 Å². The average molecular weight is 472 g/mol. The molecule has 8 heteroatoms. The second kappa shape index (κ2) is 11.6. The van der Waals surface area contributed by atoms with Gasteiger partial charge in [-0.1, -0.05) is 28.1 Å². The number of alkyl halides is 2. The van der Waals surface area contributed by atoms with Crippen LogP contribution in [0, 0.1) is 0 Å². The largest absolute Gasteiger partial charge is 0.490 e. The van der Waals surface area contributed by atoms with Gasteiger partial charge in [-0.2, -0.15) is 8.78 Å². The van der Waals surface area contributed by atoms with Gasteiger partial charge in [-0.15, -0.1) is 0 Å². The molecule has 0 saturated carbocycles. The Labute approximate surface area is 177 Å². The molecule has 2 aromatic carbocycles. The molecule has 0 aromatic heterocycles. The summed E-state index contributed by atoms with van der Waals surface area (Å²) in [6, 6.07) is 9.97. The molecule has 0 spiro atoms. The molecule has 0 atom stereocenters. The van der Waals surface area contributed by atoms with Crippen molar-refractivity contribution in [2.45, 2.75) is 33.3 Å². The van der Waals surface area contributed by atoms with Crippen molar-refractivity contribution in [2.24, 2.45) is 0 Å². The molecule has 2 aromatic rings. The van der Waals surface area contributed by atoms with E-state index < -0.39 is 6.61 Å². The lowest BCUT2D eigenvalue weighted by Crippen LogP contribution is -2.27. The number of hydrogen-bond acceptors (Lipinski definition) is 4. The molecule has 0 bridgehead atoms. The molecule has 5 nitrogen and oxygen atoms in total. The number of carbonyl (C=O) groups excluding carboxylic acids is 1. The van der Waals surface area contributed by atoms with Crippen molar-refractivity contribution in [3.63, 3.8) is 0 Å². The highest BCUT2D eigenvalue weighted by Gasteiger charge is 2.13. The van der Waals surface area contributed by atoms with Crippen molar-refractivity contribution in [1.82, 2.24) is 5.32 Å². The average Bonchev–Trinajstić information content (AvgIpc) is 2.66. The third-order valence-electron chi connectivity index (χ3n) is 3.95. The lowest BCUT2D eigenvalue weighted by molar-refractivity contribution is -0.120. The number of nitrogens with one attached hydrogen (secondary N) is 1. The third-order valence-corrected chi connectivity index (χ3v) is 4.69. The predicted molar refractivity (Wildman–Crippen MR) is 110 cm³/mol. The SMILES string of the molecule is CCOc1cc(Br)c(CC(=O)NCCc2ccc(OC(F)F)cc2)cc1OCC. The lowest BCUT2D eigenvalue weighted by Gasteiger charge is -2.14. The van der Waals surface area contributed by atoms with E-state index in [2.05, 4.69) is 26.0 Å². The van der Waals surface area contributed by atoms with E-state index in [0.29, 0.717) is 37.7 Å². The van der Waals surface area contributed by atoms with Gasteiger partial charge in [0.25, 0.3) is 0 Å². The fourth-order valence-corrected chi connectivity index (χ4v) is 3.13. The predicted octanol–water partition coefficient (Wildman–Crippen LogP) is 4.75. The summed E-state index contributed by atoms with van der Waals surface area (Å²) in [6.07, 6.45) is 0.767. The molecule has 1 amide bonds. The van der Waals surface area contributed by atoms with Crippen LogP contribution in [0.2, 0.25) is 0 Å². The highest BCUT2D eigenvalue weighted by molar-refractivity contribution is 9.10. The number of ether oxygens (including phenoxy) is 3. The van der Waals surface area contributed by atoms with Crippen LogP contribution >= 0.6 is 15.9 Å². The van der Waals surface area contributed by atoms with E-state index in [1.807, 2.05) is 13.8 Å².